The fraction of sp³-hybridized carbons (Fsp3) is 0.174. The van der Waals surface area contributed by atoms with E-state index in [4.69, 9.17) is 0 Å². The predicted molar refractivity (Wildman–Crippen MR) is 125 cm³/mol. The molecule has 0 aliphatic carbocycles. The number of H-pyrrole nitrogens is 1. The molecule has 160 valence electrons. The highest BCUT2D eigenvalue weighted by Crippen LogP contribution is 2.28. The summed E-state index contributed by atoms with van der Waals surface area (Å²) >= 11 is 1.47. The van der Waals surface area contributed by atoms with Gasteiger partial charge in [0.2, 0.25) is 16.8 Å². The maximum Gasteiger partial charge on any atom is 0.270 e. The number of thiazole rings is 1. The third kappa shape index (κ3) is 3.78. The minimum atomic E-state index is -0.282. The summed E-state index contributed by atoms with van der Waals surface area (Å²) in [6, 6.07) is 13.6. The number of nitrogens with one attached hydrogen (secondary N) is 2. The number of rotatable bonds is 5. The molecule has 2 aromatic carbocycles. The molecule has 0 radical (unpaired) electrons. The number of nitrogens with zero attached hydrogens (tertiary/aromatic N) is 4. The van der Waals surface area contributed by atoms with E-state index in [2.05, 4.69) is 57.4 Å². The van der Waals surface area contributed by atoms with E-state index in [0.717, 1.165) is 16.8 Å². The standard InChI is InChI=1S/C23H20N6O2S/c1-13-7-8-15(14(2)11-13)19-12-32-23-27-22(28-29(19)23)26-20(30)10-9-18-21(31)25-17-6-4-3-5-16(17)24-18/h3-8,11-12H,9-10H2,1-2H3,(H,25,31)(H,26,28,30). The van der Waals surface area contributed by atoms with Crippen LogP contribution < -0.4 is 10.9 Å². The van der Waals surface area contributed by atoms with Gasteiger partial charge in [0.25, 0.3) is 5.56 Å². The van der Waals surface area contributed by atoms with Crippen LogP contribution in [0.1, 0.15) is 23.2 Å². The van der Waals surface area contributed by atoms with Crippen molar-refractivity contribution >= 4 is 39.2 Å². The zero-order valence-electron chi connectivity index (χ0n) is 17.5. The monoisotopic (exact) mass is 444 g/mol. The average Bonchev–Trinajstić information content (AvgIpc) is 3.33. The molecule has 0 bridgehead atoms. The molecule has 32 heavy (non-hydrogen) atoms. The maximum atomic E-state index is 12.5. The van der Waals surface area contributed by atoms with Gasteiger partial charge in [-0.25, -0.2) is 9.50 Å². The van der Waals surface area contributed by atoms with Crippen LogP contribution in [0.3, 0.4) is 0 Å². The molecular weight excluding hydrogens is 424 g/mol. The van der Waals surface area contributed by atoms with E-state index in [1.54, 1.807) is 10.6 Å². The lowest BCUT2D eigenvalue weighted by Gasteiger charge is -2.05. The van der Waals surface area contributed by atoms with E-state index in [9.17, 15) is 9.59 Å². The maximum absolute atomic E-state index is 12.5. The number of aryl methyl sites for hydroxylation is 3. The Hall–Kier alpha value is -3.85. The Morgan fingerprint density at radius 1 is 1.16 bits per heavy atom. The summed E-state index contributed by atoms with van der Waals surface area (Å²) in [5.41, 5.74) is 5.77. The summed E-state index contributed by atoms with van der Waals surface area (Å²) < 4.78 is 1.74. The number of hydrogen-bond donors (Lipinski definition) is 2. The Morgan fingerprint density at radius 2 is 2.00 bits per heavy atom. The molecule has 0 saturated heterocycles. The molecule has 0 spiro atoms. The minimum absolute atomic E-state index is 0.102. The molecule has 3 heterocycles. The van der Waals surface area contributed by atoms with Crippen LogP contribution in [0.5, 0.6) is 0 Å². The summed E-state index contributed by atoms with van der Waals surface area (Å²) in [5.74, 6) is -0.0288. The van der Waals surface area contributed by atoms with Crippen molar-refractivity contribution in [2.45, 2.75) is 26.7 Å². The van der Waals surface area contributed by atoms with Gasteiger partial charge < -0.3 is 4.98 Å². The minimum Gasteiger partial charge on any atom is -0.319 e. The van der Waals surface area contributed by atoms with E-state index in [1.807, 2.05) is 23.6 Å². The Kier molecular flexibility index (Phi) is 5.02. The Labute approximate surface area is 187 Å². The molecule has 0 fully saturated rings. The smallest absolute Gasteiger partial charge is 0.270 e. The zero-order chi connectivity index (χ0) is 22.2. The van der Waals surface area contributed by atoms with Gasteiger partial charge in [-0.2, -0.15) is 4.98 Å². The highest BCUT2D eigenvalue weighted by molar-refractivity contribution is 7.15. The Bertz CT molecular complexity index is 1530. The first-order valence-electron chi connectivity index (χ1n) is 10.2. The molecule has 1 amide bonds. The average molecular weight is 445 g/mol. The summed E-state index contributed by atoms with van der Waals surface area (Å²) in [7, 11) is 0. The van der Waals surface area contributed by atoms with Crippen molar-refractivity contribution in [2.24, 2.45) is 0 Å². The molecule has 8 nitrogen and oxygen atoms in total. The SMILES string of the molecule is Cc1ccc(-c2csc3nc(NC(=O)CCc4nc5ccccc5[nH]c4=O)nn23)c(C)c1. The van der Waals surface area contributed by atoms with Crippen LogP contribution in [0.15, 0.2) is 52.6 Å². The van der Waals surface area contributed by atoms with Crippen LogP contribution in [0, 0.1) is 13.8 Å². The number of benzene rings is 2. The number of amides is 1. The molecule has 0 atom stereocenters. The second-order valence-electron chi connectivity index (χ2n) is 7.65. The fourth-order valence-corrected chi connectivity index (χ4v) is 4.50. The third-order valence-electron chi connectivity index (χ3n) is 5.25. The van der Waals surface area contributed by atoms with Crippen molar-refractivity contribution in [3.63, 3.8) is 0 Å². The number of anilines is 1. The van der Waals surface area contributed by atoms with E-state index in [1.165, 1.54) is 16.9 Å². The van der Waals surface area contributed by atoms with Gasteiger partial charge in [-0.3, -0.25) is 14.9 Å². The first-order chi connectivity index (χ1) is 15.5. The molecule has 9 heteroatoms. The summed E-state index contributed by atoms with van der Waals surface area (Å²) in [4.78, 5) is 37.0. The number of aromatic amines is 1. The summed E-state index contributed by atoms with van der Waals surface area (Å²) in [6.45, 7) is 4.12. The summed E-state index contributed by atoms with van der Waals surface area (Å²) in [5, 5.41) is 9.21. The van der Waals surface area contributed by atoms with Crippen LogP contribution in [0.25, 0.3) is 27.3 Å². The first-order valence-corrected chi connectivity index (χ1v) is 11.1. The van der Waals surface area contributed by atoms with Gasteiger partial charge in [0.1, 0.15) is 5.69 Å². The molecule has 0 aliphatic heterocycles. The van der Waals surface area contributed by atoms with Gasteiger partial charge in [-0.15, -0.1) is 16.4 Å². The van der Waals surface area contributed by atoms with Gasteiger partial charge in [0, 0.05) is 23.8 Å². The highest BCUT2D eigenvalue weighted by atomic mass is 32.1. The lowest BCUT2D eigenvalue weighted by Crippen LogP contribution is -2.19. The number of hydrogen-bond acceptors (Lipinski definition) is 6. The van der Waals surface area contributed by atoms with Crippen LogP contribution in [-0.2, 0) is 11.2 Å². The first kappa shape index (κ1) is 20.1. The zero-order valence-corrected chi connectivity index (χ0v) is 18.4. The van der Waals surface area contributed by atoms with Crippen LogP contribution in [0.4, 0.5) is 5.95 Å². The van der Waals surface area contributed by atoms with E-state index < -0.39 is 0 Å². The van der Waals surface area contributed by atoms with Crippen molar-refractivity contribution < 1.29 is 4.79 Å². The Balaban J connectivity index is 1.32. The number of carbonyl (C=O) groups is 1. The second kappa shape index (κ2) is 8.01. The van der Waals surface area contributed by atoms with Crippen LogP contribution >= 0.6 is 11.3 Å². The van der Waals surface area contributed by atoms with E-state index in [-0.39, 0.29) is 30.3 Å². The molecule has 0 saturated carbocycles. The topological polar surface area (TPSA) is 105 Å². The molecule has 2 N–H and O–H groups in total. The predicted octanol–water partition coefficient (Wildman–Crippen LogP) is 3.88. The van der Waals surface area contributed by atoms with Crippen molar-refractivity contribution in [1.82, 2.24) is 24.6 Å². The van der Waals surface area contributed by atoms with Crippen LogP contribution in [0.2, 0.25) is 0 Å². The number of aromatic nitrogens is 5. The van der Waals surface area contributed by atoms with Crippen molar-refractivity contribution in [1.29, 1.82) is 0 Å². The highest BCUT2D eigenvalue weighted by Gasteiger charge is 2.15. The quantitative estimate of drug-likeness (QED) is 0.428. The molecular formula is C23H20N6O2S. The molecule has 0 aliphatic rings. The fourth-order valence-electron chi connectivity index (χ4n) is 3.68. The molecule has 0 unspecified atom stereocenters. The van der Waals surface area contributed by atoms with Gasteiger partial charge >= 0.3 is 0 Å². The molecule has 5 aromatic rings. The number of carbonyl (C=O) groups excluding carboxylic acids is 1. The van der Waals surface area contributed by atoms with Crippen LogP contribution in [-0.4, -0.2) is 30.5 Å². The van der Waals surface area contributed by atoms with Crippen molar-refractivity contribution in [3.8, 4) is 11.3 Å². The molecule has 3 aromatic heterocycles. The number of fused-ring (bicyclic) bond motifs is 2. The van der Waals surface area contributed by atoms with Gasteiger partial charge in [-0.1, -0.05) is 35.9 Å². The van der Waals surface area contributed by atoms with E-state index >= 15 is 0 Å². The second-order valence-corrected chi connectivity index (χ2v) is 8.48. The van der Waals surface area contributed by atoms with Gasteiger partial charge in [-0.05, 0) is 31.5 Å². The van der Waals surface area contributed by atoms with Gasteiger partial charge in [0.15, 0.2) is 0 Å². The van der Waals surface area contributed by atoms with Crippen molar-refractivity contribution in [2.75, 3.05) is 5.32 Å². The Morgan fingerprint density at radius 3 is 2.84 bits per heavy atom. The lowest BCUT2D eigenvalue weighted by molar-refractivity contribution is -0.116. The third-order valence-corrected chi connectivity index (χ3v) is 6.07. The van der Waals surface area contributed by atoms with Gasteiger partial charge in [0.05, 0.1) is 16.7 Å². The molecule has 5 rings (SSSR count). The van der Waals surface area contributed by atoms with Crippen molar-refractivity contribution in [3.05, 3.63) is 75.0 Å². The van der Waals surface area contributed by atoms with E-state index in [0.29, 0.717) is 21.7 Å². The lowest BCUT2D eigenvalue weighted by atomic mass is 10.0. The normalized spacial score (nSPS) is 11.3. The summed E-state index contributed by atoms with van der Waals surface area (Å²) in [6.07, 6.45) is 0.327. The number of para-hydroxylation sites is 2. The largest absolute Gasteiger partial charge is 0.319 e.